The minimum Gasteiger partial charge on any atom is -0.487 e. The van der Waals surface area contributed by atoms with Crippen molar-refractivity contribution in [2.45, 2.75) is 110 Å². The van der Waals surface area contributed by atoms with Crippen molar-refractivity contribution in [2.24, 2.45) is 0 Å². The van der Waals surface area contributed by atoms with Gasteiger partial charge in [-0.2, -0.15) is 0 Å². The minimum absolute atomic E-state index is 0.127. The Morgan fingerprint density at radius 2 is 1.36 bits per heavy atom. The van der Waals surface area contributed by atoms with Crippen molar-refractivity contribution in [2.75, 3.05) is 6.61 Å². The number of hydrogen-bond donors (Lipinski definition) is 0. The smallest absolute Gasteiger partial charge is 0.159 e. The number of aromatic nitrogens is 2. The van der Waals surface area contributed by atoms with Crippen LogP contribution in [0.1, 0.15) is 96.5 Å². The Morgan fingerprint density at radius 3 is 1.97 bits per heavy atom. The van der Waals surface area contributed by atoms with E-state index in [9.17, 15) is 8.78 Å². The fraction of sp³-hybridized carbons (Fsp3) is 0.643. The maximum atomic E-state index is 13.8. The zero-order chi connectivity index (χ0) is 23.7. The van der Waals surface area contributed by atoms with Crippen LogP contribution in [0.4, 0.5) is 8.78 Å². The van der Waals surface area contributed by atoms with E-state index in [4.69, 9.17) is 4.74 Å². The topological polar surface area (TPSA) is 35.0 Å². The maximum absolute atomic E-state index is 13.8. The highest BCUT2D eigenvalue weighted by molar-refractivity contribution is 5.55. The second-order valence-corrected chi connectivity index (χ2v) is 9.05. The summed E-state index contributed by atoms with van der Waals surface area (Å²) in [5, 5.41) is 0. The van der Waals surface area contributed by atoms with Gasteiger partial charge < -0.3 is 4.74 Å². The molecule has 0 radical (unpaired) electrons. The van der Waals surface area contributed by atoms with Crippen molar-refractivity contribution in [3.05, 3.63) is 42.2 Å². The summed E-state index contributed by atoms with van der Waals surface area (Å²) < 4.78 is 32.7. The molecule has 0 aliphatic rings. The number of hydrogen-bond acceptors (Lipinski definition) is 3. The molecule has 2 aromatic rings. The molecule has 0 fully saturated rings. The number of benzene rings is 1. The van der Waals surface area contributed by atoms with Gasteiger partial charge >= 0.3 is 0 Å². The average Bonchev–Trinajstić information content (AvgIpc) is 2.82. The van der Waals surface area contributed by atoms with Gasteiger partial charge in [-0.1, -0.05) is 95.9 Å². The monoisotopic (exact) mass is 460 g/mol. The molecule has 1 aromatic heterocycles. The molecule has 33 heavy (non-hydrogen) atoms. The highest BCUT2D eigenvalue weighted by atomic mass is 19.1. The lowest BCUT2D eigenvalue weighted by Gasteiger charge is -2.12. The summed E-state index contributed by atoms with van der Waals surface area (Å²) in [6, 6.07) is 8.38. The molecule has 184 valence electrons. The predicted octanol–water partition coefficient (Wildman–Crippen LogP) is 8.46. The standard InChI is InChI=1S/C28H42F2N2O/c1-3-5-6-7-8-9-10-11-12-14-23-15-17-24(18-16-23)28-31-20-27(21-32-28)33-22-26(30)19-25(29)13-4-2/h15-18,20-21,25-26H,3-14,19,22H2,1-2H3. The van der Waals surface area contributed by atoms with Gasteiger partial charge in [0, 0.05) is 12.0 Å². The van der Waals surface area contributed by atoms with Crippen molar-refractivity contribution < 1.29 is 13.5 Å². The lowest BCUT2D eigenvalue weighted by Crippen LogP contribution is -2.18. The Morgan fingerprint density at radius 1 is 0.758 bits per heavy atom. The Bertz CT molecular complexity index is 737. The van der Waals surface area contributed by atoms with Crippen LogP contribution in [-0.2, 0) is 6.42 Å². The molecular weight excluding hydrogens is 418 g/mol. The first-order chi connectivity index (χ1) is 16.1. The number of nitrogens with zero attached hydrogens (tertiary/aromatic N) is 2. The van der Waals surface area contributed by atoms with Crippen LogP contribution < -0.4 is 4.74 Å². The van der Waals surface area contributed by atoms with Crippen LogP contribution in [-0.4, -0.2) is 28.9 Å². The summed E-state index contributed by atoms with van der Waals surface area (Å²) in [5.41, 5.74) is 2.28. The van der Waals surface area contributed by atoms with Crippen LogP contribution in [0.3, 0.4) is 0 Å². The SMILES string of the molecule is CCCCCCCCCCCc1ccc(-c2ncc(OCC(F)CC(F)CCC)cn2)cc1. The summed E-state index contributed by atoms with van der Waals surface area (Å²) in [6.07, 6.45) is 14.8. The Hall–Kier alpha value is -2.04. The first-order valence-electron chi connectivity index (χ1n) is 12.9. The average molecular weight is 461 g/mol. The van der Waals surface area contributed by atoms with Gasteiger partial charge in [-0.3, -0.25) is 0 Å². The van der Waals surface area contributed by atoms with Gasteiger partial charge in [-0.25, -0.2) is 18.7 Å². The molecule has 0 saturated heterocycles. The van der Waals surface area contributed by atoms with E-state index in [1.54, 1.807) is 12.4 Å². The van der Waals surface area contributed by atoms with Crippen LogP contribution in [0.15, 0.2) is 36.7 Å². The fourth-order valence-electron chi connectivity index (χ4n) is 3.96. The van der Waals surface area contributed by atoms with Gasteiger partial charge in [0.1, 0.15) is 19.0 Å². The molecule has 1 aromatic carbocycles. The number of alkyl halides is 2. The van der Waals surface area contributed by atoms with E-state index in [1.807, 2.05) is 19.1 Å². The number of rotatable bonds is 18. The van der Waals surface area contributed by atoms with Crippen molar-refractivity contribution >= 4 is 0 Å². The molecule has 0 aliphatic carbocycles. The normalized spacial score (nSPS) is 13.1. The van der Waals surface area contributed by atoms with Crippen LogP contribution in [0.25, 0.3) is 11.4 Å². The van der Waals surface area contributed by atoms with Gasteiger partial charge in [0.25, 0.3) is 0 Å². The van der Waals surface area contributed by atoms with Gasteiger partial charge in [-0.15, -0.1) is 0 Å². The molecule has 3 nitrogen and oxygen atoms in total. The predicted molar refractivity (Wildman–Crippen MR) is 133 cm³/mol. The van der Waals surface area contributed by atoms with Gasteiger partial charge in [0.05, 0.1) is 12.4 Å². The third kappa shape index (κ3) is 11.6. The molecule has 2 atom stereocenters. The number of halogens is 2. The molecule has 0 aliphatic heterocycles. The second-order valence-electron chi connectivity index (χ2n) is 9.05. The zero-order valence-corrected chi connectivity index (χ0v) is 20.6. The minimum atomic E-state index is -1.33. The van der Waals surface area contributed by atoms with Crippen molar-refractivity contribution in [3.63, 3.8) is 0 Å². The highest BCUT2D eigenvalue weighted by Gasteiger charge is 2.15. The van der Waals surface area contributed by atoms with Crippen LogP contribution in [0.5, 0.6) is 5.75 Å². The molecular formula is C28H42F2N2O. The Labute approximate surface area is 199 Å². The molecule has 0 saturated carbocycles. The van der Waals surface area contributed by atoms with Crippen LogP contribution in [0, 0.1) is 0 Å². The number of ether oxygens (including phenoxy) is 1. The summed E-state index contributed by atoms with van der Waals surface area (Å²) in [4.78, 5) is 8.67. The number of unbranched alkanes of at least 4 members (excludes halogenated alkanes) is 8. The summed E-state index contributed by atoms with van der Waals surface area (Å²) in [6.45, 7) is 3.97. The maximum Gasteiger partial charge on any atom is 0.159 e. The van der Waals surface area contributed by atoms with Crippen molar-refractivity contribution in [1.29, 1.82) is 0 Å². The van der Waals surface area contributed by atoms with E-state index in [1.165, 1.54) is 63.4 Å². The van der Waals surface area contributed by atoms with E-state index < -0.39 is 12.3 Å². The molecule has 1 heterocycles. The van der Waals surface area contributed by atoms with E-state index in [-0.39, 0.29) is 13.0 Å². The Kier molecular flexibility index (Phi) is 13.6. The molecule has 0 spiro atoms. The third-order valence-electron chi connectivity index (χ3n) is 5.95. The second kappa shape index (κ2) is 16.6. The van der Waals surface area contributed by atoms with Crippen molar-refractivity contribution in [1.82, 2.24) is 9.97 Å². The van der Waals surface area contributed by atoms with Crippen LogP contribution >= 0.6 is 0 Å². The van der Waals surface area contributed by atoms with Gasteiger partial charge in [-0.05, 0) is 24.8 Å². The van der Waals surface area contributed by atoms with Crippen molar-refractivity contribution in [3.8, 4) is 17.1 Å². The first kappa shape index (κ1) is 27.2. The molecule has 0 amide bonds. The highest BCUT2D eigenvalue weighted by Crippen LogP contribution is 2.20. The Balaban J connectivity index is 1.67. The van der Waals surface area contributed by atoms with Gasteiger partial charge in [0.15, 0.2) is 11.6 Å². The molecule has 0 bridgehead atoms. The summed E-state index contributed by atoms with van der Waals surface area (Å²) in [7, 11) is 0. The first-order valence-corrected chi connectivity index (χ1v) is 12.9. The molecule has 5 heteroatoms. The summed E-state index contributed by atoms with van der Waals surface area (Å²) in [5.74, 6) is 1.01. The van der Waals surface area contributed by atoms with E-state index in [2.05, 4.69) is 29.0 Å². The van der Waals surface area contributed by atoms with E-state index >= 15 is 0 Å². The zero-order valence-electron chi connectivity index (χ0n) is 20.6. The molecule has 2 unspecified atom stereocenters. The third-order valence-corrected chi connectivity index (χ3v) is 5.95. The lowest BCUT2D eigenvalue weighted by molar-refractivity contribution is 0.146. The van der Waals surface area contributed by atoms with Gasteiger partial charge in [0.2, 0.25) is 0 Å². The van der Waals surface area contributed by atoms with E-state index in [0.717, 1.165) is 12.0 Å². The fourth-order valence-corrected chi connectivity index (χ4v) is 3.96. The van der Waals surface area contributed by atoms with E-state index in [0.29, 0.717) is 24.4 Å². The molecule has 0 N–H and O–H groups in total. The molecule has 2 rings (SSSR count). The van der Waals surface area contributed by atoms with Crippen LogP contribution in [0.2, 0.25) is 0 Å². The number of aryl methyl sites for hydroxylation is 1. The largest absolute Gasteiger partial charge is 0.487 e. The quantitative estimate of drug-likeness (QED) is 0.209. The summed E-state index contributed by atoms with van der Waals surface area (Å²) >= 11 is 0. The lowest BCUT2D eigenvalue weighted by atomic mass is 10.0.